The van der Waals surface area contributed by atoms with Gasteiger partial charge >= 0.3 is 0 Å². The van der Waals surface area contributed by atoms with Crippen LogP contribution in [-0.4, -0.2) is 37.6 Å². The average molecular weight is 297 g/mol. The molecule has 17 heavy (non-hydrogen) atoms. The topological polar surface area (TPSA) is 15.3 Å². The Morgan fingerprint density at radius 1 is 1.29 bits per heavy atom. The van der Waals surface area contributed by atoms with E-state index in [9.17, 15) is 0 Å². The second-order valence-corrected chi connectivity index (χ2v) is 5.68. The van der Waals surface area contributed by atoms with E-state index in [0.29, 0.717) is 0 Å². The van der Waals surface area contributed by atoms with Crippen molar-refractivity contribution in [3.05, 3.63) is 33.8 Å². The van der Waals surface area contributed by atoms with Crippen molar-refractivity contribution in [2.75, 3.05) is 32.7 Å². The van der Waals surface area contributed by atoms with Gasteiger partial charge in [0.25, 0.3) is 0 Å². The maximum atomic E-state index is 3.51. The zero-order valence-electron chi connectivity index (χ0n) is 10.5. The van der Waals surface area contributed by atoms with Crippen LogP contribution in [0.1, 0.15) is 17.5 Å². The van der Waals surface area contributed by atoms with Crippen LogP contribution >= 0.6 is 15.9 Å². The molecule has 94 valence electrons. The van der Waals surface area contributed by atoms with Crippen LogP contribution in [0, 0.1) is 6.92 Å². The molecule has 1 heterocycles. The summed E-state index contributed by atoms with van der Waals surface area (Å²) in [6, 6.07) is 6.60. The standard InChI is InChI=1S/C14H21BrN2/c1-12-11-14(15)5-4-13(12)3-2-8-17-9-6-16-7-10-17/h4-5,11,16H,2-3,6-10H2,1H3. The number of halogens is 1. The monoisotopic (exact) mass is 296 g/mol. The van der Waals surface area contributed by atoms with Crippen molar-refractivity contribution in [3.63, 3.8) is 0 Å². The summed E-state index contributed by atoms with van der Waals surface area (Å²) in [5.74, 6) is 0. The fourth-order valence-electron chi connectivity index (χ4n) is 2.37. The summed E-state index contributed by atoms with van der Waals surface area (Å²) in [4.78, 5) is 2.56. The SMILES string of the molecule is Cc1cc(Br)ccc1CCCN1CCNCC1. The highest BCUT2D eigenvalue weighted by Gasteiger charge is 2.08. The zero-order valence-corrected chi connectivity index (χ0v) is 12.1. The normalized spacial score (nSPS) is 17.3. The number of piperazine rings is 1. The second kappa shape index (κ2) is 6.53. The van der Waals surface area contributed by atoms with Crippen molar-refractivity contribution >= 4 is 15.9 Å². The lowest BCUT2D eigenvalue weighted by Gasteiger charge is -2.27. The van der Waals surface area contributed by atoms with E-state index in [1.807, 2.05) is 0 Å². The molecule has 1 fully saturated rings. The third-order valence-electron chi connectivity index (χ3n) is 3.43. The van der Waals surface area contributed by atoms with E-state index in [2.05, 4.69) is 51.3 Å². The quantitative estimate of drug-likeness (QED) is 0.919. The first-order valence-electron chi connectivity index (χ1n) is 6.44. The average Bonchev–Trinajstić information content (AvgIpc) is 2.33. The highest BCUT2D eigenvalue weighted by molar-refractivity contribution is 9.10. The van der Waals surface area contributed by atoms with Gasteiger partial charge in [-0.15, -0.1) is 0 Å². The van der Waals surface area contributed by atoms with Crippen molar-refractivity contribution in [2.24, 2.45) is 0 Å². The van der Waals surface area contributed by atoms with Gasteiger partial charge in [0.1, 0.15) is 0 Å². The third kappa shape index (κ3) is 4.09. The fourth-order valence-corrected chi connectivity index (χ4v) is 2.84. The van der Waals surface area contributed by atoms with Gasteiger partial charge in [0.2, 0.25) is 0 Å². The minimum atomic E-state index is 1.15. The molecule has 0 radical (unpaired) electrons. The summed E-state index contributed by atoms with van der Waals surface area (Å²) in [5.41, 5.74) is 2.89. The molecule has 0 spiro atoms. The van der Waals surface area contributed by atoms with E-state index in [1.54, 1.807) is 0 Å². The molecule has 1 aromatic rings. The maximum Gasteiger partial charge on any atom is 0.0178 e. The van der Waals surface area contributed by atoms with Crippen LogP contribution in [0.15, 0.2) is 22.7 Å². The number of nitrogens with zero attached hydrogens (tertiary/aromatic N) is 1. The Morgan fingerprint density at radius 2 is 2.06 bits per heavy atom. The van der Waals surface area contributed by atoms with Gasteiger partial charge < -0.3 is 10.2 Å². The second-order valence-electron chi connectivity index (χ2n) is 4.77. The number of benzene rings is 1. The molecule has 2 nitrogen and oxygen atoms in total. The fraction of sp³-hybridized carbons (Fsp3) is 0.571. The molecule has 0 aliphatic carbocycles. The van der Waals surface area contributed by atoms with E-state index >= 15 is 0 Å². The number of rotatable bonds is 4. The Bertz CT molecular complexity index is 359. The van der Waals surface area contributed by atoms with E-state index in [-0.39, 0.29) is 0 Å². The number of aryl methyl sites for hydroxylation is 2. The Hall–Kier alpha value is -0.380. The number of nitrogens with one attached hydrogen (secondary N) is 1. The van der Waals surface area contributed by atoms with Crippen molar-refractivity contribution < 1.29 is 0 Å². The van der Waals surface area contributed by atoms with Crippen LogP contribution < -0.4 is 5.32 Å². The molecule has 0 atom stereocenters. The van der Waals surface area contributed by atoms with Gasteiger partial charge in [0, 0.05) is 30.7 Å². The molecule has 3 heteroatoms. The minimum absolute atomic E-state index is 1.15. The highest BCUT2D eigenvalue weighted by Crippen LogP contribution is 2.17. The molecular weight excluding hydrogens is 276 g/mol. The molecule has 0 amide bonds. The first-order valence-corrected chi connectivity index (χ1v) is 7.23. The van der Waals surface area contributed by atoms with Crippen LogP contribution in [0.25, 0.3) is 0 Å². The number of hydrogen-bond acceptors (Lipinski definition) is 2. The molecule has 1 N–H and O–H groups in total. The molecule has 0 unspecified atom stereocenters. The maximum absolute atomic E-state index is 3.51. The minimum Gasteiger partial charge on any atom is -0.314 e. The third-order valence-corrected chi connectivity index (χ3v) is 3.93. The first-order chi connectivity index (χ1) is 8.25. The van der Waals surface area contributed by atoms with Gasteiger partial charge in [-0.2, -0.15) is 0 Å². The summed E-state index contributed by atoms with van der Waals surface area (Å²) in [6.45, 7) is 8.15. The van der Waals surface area contributed by atoms with Gasteiger partial charge in [0.05, 0.1) is 0 Å². The summed E-state index contributed by atoms with van der Waals surface area (Å²) in [7, 11) is 0. The molecule has 1 aliphatic heterocycles. The largest absolute Gasteiger partial charge is 0.314 e. The van der Waals surface area contributed by atoms with E-state index in [1.165, 1.54) is 48.1 Å². The number of hydrogen-bond donors (Lipinski definition) is 1. The Balaban J connectivity index is 1.77. The molecule has 0 saturated carbocycles. The van der Waals surface area contributed by atoms with E-state index in [4.69, 9.17) is 0 Å². The van der Waals surface area contributed by atoms with Gasteiger partial charge in [-0.1, -0.05) is 22.0 Å². The van der Waals surface area contributed by atoms with Crippen molar-refractivity contribution in [1.29, 1.82) is 0 Å². The lowest BCUT2D eigenvalue weighted by molar-refractivity contribution is 0.238. The molecule has 0 bridgehead atoms. The van der Waals surface area contributed by atoms with Crippen LogP contribution in [0.4, 0.5) is 0 Å². The van der Waals surface area contributed by atoms with Gasteiger partial charge in [-0.05, 0) is 49.6 Å². The molecule has 1 saturated heterocycles. The highest BCUT2D eigenvalue weighted by atomic mass is 79.9. The van der Waals surface area contributed by atoms with Gasteiger partial charge in [-0.3, -0.25) is 0 Å². The summed E-state index contributed by atoms with van der Waals surface area (Å²) in [5, 5.41) is 3.39. The van der Waals surface area contributed by atoms with Crippen LogP contribution in [0.3, 0.4) is 0 Å². The predicted octanol–water partition coefficient (Wildman–Crippen LogP) is 2.60. The Labute approximate surface area is 113 Å². The molecule has 2 rings (SSSR count). The van der Waals surface area contributed by atoms with Crippen molar-refractivity contribution in [2.45, 2.75) is 19.8 Å². The Kier molecular flexibility index (Phi) is 5.01. The van der Waals surface area contributed by atoms with Crippen molar-refractivity contribution in [1.82, 2.24) is 10.2 Å². The van der Waals surface area contributed by atoms with Crippen LogP contribution in [0.5, 0.6) is 0 Å². The predicted molar refractivity (Wildman–Crippen MR) is 76.5 cm³/mol. The smallest absolute Gasteiger partial charge is 0.0178 e. The Morgan fingerprint density at radius 3 is 2.76 bits per heavy atom. The summed E-state index contributed by atoms with van der Waals surface area (Å²) >= 11 is 3.51. The van der Waals surface area contributed by atoms with Gasteiger partial charge in [0.15, 0.2) is 0 Å². The zero-order chi connectivity index (χ0) is 12.1. The van der Waals surface area contributed by atoms with Crippen LogP contribution in [-0.2, 0) is 6.42 Å². The molecule has 1 aromatic carbocycles. The molecule has 0 aromatic heterocycles. The summed E-state index contributed by atoms with van der Waals surface area (Å²) in [6.07, 6.45) is 2.46. The van der Waals surface area contributed by atoms with E-state index < -0.39 is 0 Å². The lowest BCUT2D eigenvalue weighted by atomic mass is 10.0. The first kappa shape index (κ1) is 13.1. The molecular formula is C14H21BrN2. The molecule has 1 aliphatic rings. The lowest BCUT2D eigenvalue weighted by Crippen LogP contribution is -2.43. The van der Waals surface area contributed by atoms with Crippen LogP contribution in [0.2, 0.25) is 0 Å². The summed E-state index contributed by atoms with van der Waals surface area (Å²) < 4.78 is 1.18. The van der Waals surface area contributed by atoms with Gasteiger partial charge in [-0.25, -0.2) is 0 Å². The van der Waals surface area contributed by atoms with E-state index in [0.717, 1.165) is 13.1 Å². The van der Waals surface area contributed by atoms with Crippen molar-refractivity contribution in [3.8, 4) is 0 Å².